The quantitative estimate of drug-likeness (QED) is 0.747. The maximum absolute atomic E-state index is 11.8. The van der Waals surface area contributed by atoms with E-state index in [1.54, 1.807) is 0 Å². The third kappa shape index (κ3) is 2.38. The second-order valence-corrected chi connectivity index (χ2v) is 5.14. The number of amides is 1. The van der Waals surface area contributed by atoms with Crippen LogP contribution in [0.5, 0.6) is 0 Å². The molecule has 1 aliphatic heterocycles. The van der Waals surface area contributed by atoms with Gasteiger partial charge in [-0.1, -0.05) is 6.42 Å². The van der Waals surface area contributed by atoms with Crippen LogP contribution in [-0.4, -0.2) is 55.0 Å². The van der Waals surface area contributed by atoms with Crippen LogP contribution in [0, 0.1) is 5.92 Å². The van der Waals surface area contributed by atoms with Gasteiger partial charge < -0.3 is 10.6 Å². The molecule has 1 amide bonds. The molecule has 2 fully saturated rings. The van der Waals surface area contributed by atoms with Gasteiger partial charge in [0.15, 0.2) is 0 Å². The van der Waals surface area contributed by atoms with Crippen LogP contribution >= 0.6 is 0 Å². The summed E-state index contributed by atoms with van der Waals surface area (Å²) in [6.07, 6.45) is 4.86. The first-order chi connectivity index (χ1) is 7.72. The van der Waals surface area contributed by atoms with Gasteiger partial charge in [0.1, 0.15) is 0 Å². The predicted octanol–water partition coefficient (Wildman–Crippen LogP) is 0.278. The Morgan fingerprint density at radius 1 is 1.38 bits per heavy atom. The molecule has 2 aliphatic rings. The Balaban J connectivity index is 1.81. The molecule has 1 aliphatic carbocycles. The van der Waals surface area contributed by atoms with E-state index in [2.05, 4.69) is 11.9 Å². The first-order valence-electron chi connectivity index (χ1n) is 6.40. The molecule has 0 aromatic rings. The van der Waals surface area contributed by atoms with Gasteiger partial charge in [-0.15, -0.1) is 0 Å². The van der Waals surface area contributed by atoms with Crippen molar-refractivity contribution in [2.24, 2.45) is 11.7 Å². The number of rotatable bonds is 4. The van der Waals surface area contributed by atoms with E-state index < -0.39 is 0 Å². The Kier molecular flexibility index (Phi) is 3.82. The van der Waals surface area contributed by atoms with Gasteiger partial charge in [-0.25, -0.2) is 0 Å². The van der Waals surface area contributed by atoms with E-state index in [0.29, 0.717) is 18.5 Å². The van der Waals surface area contributed by atoms with E-state index in [-0.39, 0.29) is 5.91 Å². The highest BCUT2D eigenvalue weighted by molar-refractivity contribution is 5.78. The van der Waals surface area contributed by atoms with Gasteiger partial charge in [0.05, 0.1) is 6.54 Å². The molecule has 4 nitrogen and oxygen atoms in total. The standard InChI is InChI=1S/C12H23N3O/c1-14(9-12(16)15-6-3-7-15)11-5-2-4-10(11)8-13/h10-11H,2-9,13H2,1H3. The lowest BCUT2D eigenvalue weighted by Gasteiger charge is -2.35. The van der Waals surface area contributed by atoms with Crippen LogP contribution in [-0.2, 0) is 4.79 Å². The molecule has 4 heteroatoms. The molecular formula is C12H23N3O. The maximum atomic E-state index is 11.8. The summed E-state index contributed by atoms with van der Waals surface area (Å²) in [5.74, 6) is 0.880. The van der Waals surface area contributed by atoms with Crippen LogP contribution in [0.4, 0.5) is 0 Å². The smallest absolute Gasteiger partial charge is 0.236 e. The number of hydrogen-bond donors (Lipinski definition) is 1. The molecule has 0 spiro atoms. The fourth-order valence-corrected chi connectivity index (χ4v) is 2.87. The minimum atomic E-state index is 0.288. The Bertz CT molecular complexity index is 253. The lowest BCUT2D eigenvalue weighted by molar-refractivity contribution is -0.136. The van der Waals surface area contributed by atoms with Crippen molar-refractivity contribution < 1.29 is 4.79 Å². The molecule has 2 unspecified atom stereocenters. The third-order valence-electron chi connectivity index (χ3n) is 4.08. The summed E-state index contributed by atoms with van der Waals surface area (Å²) in [5, 5.41) is 0. The third-order valence-corrected chi connectivity index (χ3v) is 4.08. The van der Waals surface area contributed by atoms with Crippen molar-refractivity contribution in [3.8, 4) is 0 Å². The average molecular weight is 225 g/mol. The summed E-state index contributed by atoms with van der Waals surface area (Å²) >= 11 is 0. The van der Waals surface area contributed by atoms with Gasteiger partial charge in [0.25, 0.3) is 0 Å². The Hall–Kier alpha value is -0.610. The number of carbonyl (C=O) groups excluding carboxylic acids is 1. The number of hydrogen-bond acceptors (Lipinski definition) is 3. The molecule has 1 saturated heterocycles. The van der Waals surface area contributed by atoms with E-state index in [1.165, 1.54) is 25.7 Å². The monoisotopic (exact) mass is 225 g/mol. The highest BCUT2D eigenvalue weighted by atomic mass is 16.2. The van der Waals surface area contributed by atoms with Gasteiger partial charge in [-0.3, -0.25) is 9.69 Å². The zero-order valence-corrected chi connectivity index (χ0v) is 10.2. The topological polar surface area (TPSA) is 49.6 Å². The lowest BCUT2D eigenvalue weighted by atomic mass is 10.0. The van der Waals surface area contributed by atoms with E-state index in [0.717, 1.165) is 19.6 Å². The van der Waals surface area contributed by atoms with Crippen molar-refractivity contribution in [2.45, 2.75) is 31.7 Å². The summed E-state index contributed by atoms with van der Waals surface area (Å²) in [6, 6.07) is 0.523. The van der Waals surface area contributed by atoms with Crippen molar-refractivity contribution in [2.75, 3.05) is 33.2 Å². The number of carbonyl (C=O) groups is 1. The zero-order chi connectivity index (χ0) is 11.5. The molecule has 1 heterocycles. The summed E-state index contributed by atoms with van der Waals surface area (Å²) in [5.41, 5.74) is 5.77. The second kappa shape index (κ2) is 5.15. The minimum absolute atomic E-state index is 0.288. The molecule has 0 aromatic carbocycles. The van der Waals surface area contributed by atoms with Crippen LogP contribution in [0.15, 0.2) is 0 Å². The largest absolute Gasteiger partial charge is 0.341 e. The fraction of sp³-hybridized carbons (Fsp3) is 0.917. The maximum Gasteiger partial charge on any atom is 0.236 e. The van der Waals surface area contributed by atoms with Crippen molar-refractivity contribution in [1.82, 2.24) is 9.80 Å². The van der Waals surface area contributed by atoms with Crippen LogP contribution < -0.4 is 5.73 Å². The highest BCUT2D eigenvalue weighted by Gasteiger charge is 2.31. The molecule has 0 aromatic heterocycles. The van der Waals surface area contributed by atoms with Gasteiger partial charge in [-0.2, -0.15) is 0 Å². The molecule has 2 atom stereocenters. The van der Waals surface area contributed by atoms with Crippen molar-refractivity contribution in [1.29, 1.82) is 0 Å². The number of likely N-dealkylation sites (N-methyl/N-ethyl adjacent to an activating group) is 1. The average Bonchev–Trinajstić information content (AvgIpc) is 2.61. The van der Waals surface area contributed by atoms with E-state index in [1.807, 2.05) is 4.90 Å². The van der Waals surface area contributed by atoms with Crippen LogP contribution in [0.3, 0.4) is 0 Å². The number of nitrogens with two attached hydrogens (primary N) is 1. The van der Waals surface area contributed by atoms with E-state index >= 15 is 0 Å². The van der Waals surface area contributed by atoms with Crippen LogP contribution in [0.2, 0.25) is 0 Å². The Labute approximate surface area is 97.8 Å². The Morgan fingerprint density at radius 2 is 2.12 bits per heavy atom. The van der Waals surface area contributed by atoms with Gasteiger partial charge in [0.2, 0.25) is 5.91 Å². The lowest BCUT2D eigenvalue weighted by Crippen LogP contribution is -2.49. The number of nitrogens with zero attached hydrogens (tertiary/aromatic N) is 2. The Morgan fingerprint density at radius 3 is 2.69 bits per heavy atom. The first kappa shape index (κ1) is 11.9. The molecular weight excluding hydrogens is 202 g/mol. The molecule has 1 saturated carbocycles. The van der Waals surface area contributed by atoms with Crippen LogP contribution in [0.25, 0.3) is 0 Å². The highest BCUT2D eigenvalue weighted by Crippen LogP contribution is 2.28. The van der Waals surface area contributed by atoms with Crippen molar-refractivity contribution in [3.05, 3.63) is 0 Å². The van der Waals surface area contributed by atoms with Gasteiger partial charge in [0, 0.05) is 19.1 Å². The predicted molar refractivity (Wildman–Crippen MR) is 64.0 cm³/mol. The van der Waals surface area contributed by atoms with Crippen molar-refractivity contribution >= 4 is 5.91 Å². The zero-order valence-electron chi connectivity index (χ0n) is 10.2. The molecule has 0 bridgehead atoms. The normalized spacial score (nSPS) is 29.6. The molecule has 2 N–H and O–H groups in total. The van der Waals surface area contributed by atoms with Crippen molar-refractivity contribution in [3.63, 3.8) is 0 Å². The van der Waals surface area contributed by atoms with Gasteiger partial charge in [-0.05, 0) is 38.8 Å². The van der Waals surface area contributed by atoms with Gasteiger partial charge >= 0.3 is 0 Å². The molecule has 0 radical (unpaired) electrons. The summed E-state index contributed by atoms with van der Waals surface area (Å²) in [6.45, 7) is 3.24. The van der Waals surface area contributed by atoms with E-state index in [9.17, 15) is 4.79 Å². The fourth-order valence-electron chi connectivity index (χ4n) is 2.87. The summed E-state index contributed by atoms with van der Waals surface area (Å²) in [4.78, 5) is 16.0. The second-order valence-electron chi connectivity index (χ2n) is 5.14. The first-order valence-corrected chi connectivity index (χ1v) is 6.40. The summed E-state index contributed by atoms with van der Waals surface area (Å²) < 4.78 is 0. The molecule has 92 valence electrons. The van der Waals surface area contributed by atoms with Crippen LogP contribution in [0.1, 0.15) is 25.7 Å². The van der Waals surface area contributed by atoms with E-state index in [4.69, 9.17) is 5.73 Å². The minimum Gasteiger partial charge on any atom is -0.341 e. The number of likely N-dealkylation sites (tertiary alicyclic amines) is 1. The SMILES string of the molecule is CN(CC(=O)N1CCC1)C1CCCC1CN. The molecule has 2 rings (SSSR count). The summed E-state index contributed by atoms with van der Waals surface area (Å²) in [7, 11) is 2.07. The molecule has 16 heavy (non-hydrogen) atoms.